The van der Waals surface area contributed by atoms with Gasteiger partial charge in [-0.05, 0) is 44.4 Å². The van der Waals surface area contributed by atoms with Gasteiger partial charge in [0.15, 0.2) is 11.5 Å². The van der Waals surface area contributed by atoms with E-state index in [1.165, 1.54) is 12.1 Å². The summed E-state index contributed by atoms with van der Waals surface area (Å²) >= 11 is 0. The first-order chi connectivity index (χ1) is 15.5. The van der Waals surface area contributed by atoms with E-state index in [0.717, 1.165) is 0 Å². The summed E-state index contributed by atoms with van der Waals surface area (Å²) in [7, 11) is 0. The smallest absolute Gasteiger partial charge is 0.323 e. The van der Waals surface area contributed by atoms with Crippen molar-refractivity contribution in [1.82, 2.24) is 0 Å². The van der Waals surface area contributed by atoms with Gasteiger partial charge in [0.1, 0.15) is 18.2 Å². The average Bonchev–Trinajstić information content (AvgIpc) is 2.79. The molecule has 1 aromatic rings. The van der Waals surface area contributed by atoms with Gasteiger partial charge in [0.05, 0.1) is 5.92 Å². The van der Waals surface area contributed by atoms with Crippen LogP contribution in [0.2, 0.25) is 0 Å². The Morgan fingerprint density at radius 1 is 0.818 bits per heavy atom. The molecule has 0 heterocycles. The largest absolute Gasteiger partial charge is 0.459 e. The summed E-state index contributed by atoms with van der Waals surface area (Å²) in [4.78, 5) is 47.8. The highest BCUT2D eigenvalue weighted by molar-refractivity contribution is 5.77. The van der Waals surface area contributed by atoms with Crippen molar-refractivity contribution >= 4 is 23.9 Å². The predicted molar refractivity (Wildman–Crippen MR) is 121 cm³/mol. The summed E-state index contributed by atoms with van der Waals surface area (Å²) in [6.07, 6.45) is -0.289. The molecule has 33 heavy (non-hydrogen) atoms. The Balaban J connectivity index is 2.83. The van der Waals surface area contributed by atoms with E-state index < -0.39 is 36.2 Å². The van der Waals surface area contributed by atoms with Gasteiger partial charge in [0.25, 0.3) is 0 Å². The Bertz CT molecular complexity index is 838. The number of hydrogen-bond donors (Lipinski definition) is 1. The van der Waals surface area contributed by atoms with Crippen LogP contribution in [0.5, 0.6) is 11.5 Å². The highest BCUT2D eigenvalue weighted by Crippen LogP contribution is 2.30. The van der Waals surface area contributed by atoms with Crippen LogP contribution in [-0.4, -0.2) is 42.1 Å². The Labute approximate surface area is 194 Å². The van der Waals surface area contributed by atoms with E-state index in [1.54, 1.807) is 40.7 Å². The summed E-state index contributed by atoms with van der Waals surface area (Å²) in [6.45, 7) is 10.2. The fourth-order valence-corrected chi connectivity index (χ4v) is 2.50. The minimum atomic E-state index is -1.01. The lowest BCUT2D eigenvalue weighted by Gasteiger charge is -2.23. The first-order valence-electron chi connectivity index (χ1n) is 11.2. The van der Waals surface area contributed by atoms with E-state index in [-0.39, 0.29) is 42.6 Å². The molecule has 0 bridgehead atoms. The Morgan fingerprint density at radius 2 is 1.33 bits per heavy atom. The van der Waals surface area contributed by atoms with Crippen LogP contribution in [-0.2, 0) is 35.1 Å². The molecule has 4 atom stereocenters. The van der Waals surface area contributed by atoms with Crippen LogP contribution in [0.4, 0.5) is 0 Å². The molecule has 184 valence electrons. The van der Waals surface area contributed by atoms with Gasteiger partial charge in [-0.15, -0.1) is 0 Å². The van der Waals surface area contributed by atoms with Crippen molar-refractivity contribution < 1.29 is 38.1 Å². The number of esters is 4. The number of ether oxygens (including phenoxy) is 4. The number of hydrogen-bond acceptors (Lipinski definition) is 9. The van der Waals surface area contributed by atoms with Gasteiger partial charge in [-0.2, -0.15) is 0 Å². The van der Waals surface area contributed by atoms with Crippen molar-refractivity contribution in [3.05, 3.63) is 23.8 Å². The second kappa shape index (κ2) is 13.6. The lowest BCUT2D eigenvalue weighted by atomic mass is 10.1. The fraction of sp³-hybridized carbons (Fsp3) is 0.583. The van der Waals surface area contributed by atoms with Gasteiger partial charge < -0.3 is 24.7 Å². The molecule has 0 saturated carbocycles. The molecule has 0 aliphatic heterocycles. The normalized spacial score (nSPS) is 14.4. The van der Waals surface area contributed by atoms with Crippen molar-refractivity contribution in [2.24, 2.45) is 11.7 Å². The molecule has 9 nitrogen and oxygen atoms in total. The van der Waals surface area contributed by atoms with Crippen molar-refractivity contribution in [1.29, 1.82) is 0 Å². The fourth-order valence-electron chi connectivity index (χ4n) is 2.50. The predicted octanol–water partition coefficient (Wildman–Crippen LogP) is 3.10. The molecule has 1 aromatic carbocycles. The second-order valence-electron chi connectivity index (χ2n) is 7.84. The summed E-state index contributed by atoms with van der Waals surface area (Å²) in [5, 5.41) is 0. The Kier molecular flexibility index (Phi) is 11.6. The maximum Gasteiger partial charge on any atom is 0.323 e. The van der Waals surface area contributed by atoms with Crippen molar-refractivity contribution in [2.45, 2.75) is 85.5 Å². The van der Waals surface area contributed by atoms with Crippen LogP contribution >= 0.6 is 0 Å². The molecule has 2 unspecified atom stereocenters. The van der Waals surface area contributed by atoms with Crippen molar-refractivity contribution in [2.75, 3.05) is 0 Å². The molecule has 0 amide bonds. The number of benzene rings is 1. The second-order valence-corrected chi connectivity index (χ2v) is 7.84. The molecule has 0 aromatic heterocycles. The van der Waals surface area contributed by atoms with E-state index in [9.17, 15) is 19.2 Å². The number of rotatable bonds is 12. The van der Waals surface area contributed by atoms with Gasteiger partial charge in [-0.1, -0.05) is 33.8 Å². The molecular formula is C24H35NO8. The molecule has 0 fully saturated rings. The van der Waals surface area contributed by atoms with Crippen LogP contribution in [0.15, 0.2) is 18.2 Å². The first-order valence-corrected chi connectivity index (χ1v) is 11.2. The van der Waals surface area contributed by atoms with Crippen molar-refractivity contribution in [3.8, 4) is 11.5 Å². The van der Waals surface area contributed by atoms with Gasteiger partial charge in [0.2, 0.25) is 0 Å². The molecule has 0 saturated heterocycles. The quantitative estimate of drug-likeness (QED) is 0.365. The zero-order chi connectivity index (χ0) is 25.1. The highest BCUT2D eigenvalue weighted by Gasteiger charge is 2.26. The van der Waals surface area contributed by atoms with E-state index in [4.69, 9.17) is 24.7 Å². The van der Waals surface area contributed by atoms with Gasteiger partial charge in [0, 0.05) is 12.8 Å². The average molecular weight is 466 g/mol. The lowest BCUT2D eigenvalue weighted by Crippen LogP contribution is -2.40. The van der Waals surface area contributed by atoms with E-state index in [1.807, 2.05) is 6.92 Å². The zero-order valence-electron chi connectivity index (χ0n) is 20.2. The van der Waals surface area contributed by atoms with Crippen molar-refractivity contribution in [3.63, 3.8) is 0 Å². The summed E-state index contributed by atoms with van der Waals surface area (Å²) < 4.78 is 21.2. The van der Waals surface area contributed by atoms with Gasteiger partial charge in [-0.25, -0.2) is 0 Å². The van der Waals surface area contributed by atoms with Crippen LogP contribution < -0.4 is 15.2 Å². The maximum atomic E-state index is 12.5. The monoisotopic (exact) mass is 465 g/mol. The molecule has 1 rings (SSSR count). The highest BCUT2D eigenvalue weighted by atomic mass is 16.6. The number of carbonyl (C=O) groups is 4. The van der Waals surface area contributed by atoms with E-state index in [2.05, 4.69) is 0 Å². The standard InChI is InChI=1S/C24H35NO8/c1-7-14(4)23(28)30-15(5)16(6)31-24(29)18(25)12-17-10-11-19(32-21(26)8-2)20(13-17)33-22(27)9-3/h10-11,13-16,18H,7-9,12,25H2,1-6H3/t14?,15?,16-,18-/m0/s1. The molecule has 0 spiro atoms. The van der Waals surface area contributed by atoms with E-state index in [0.29, 0.717) is 12.0 Å². The zero-order valence-corrected chi connectivity index (χ0v) is 20.2. The minimum Gasteiger partial charge on any atom is -0.459 e. The van der Waals surface area contributed by atoms with Crippen LogP contribution in [0.25, 0.3) is 0 Å². The third-order valence-electron chi connectivity index (χ3n) is 5.07. The summed E-state index contributed by atoms with van der Waals surface area (Å²) in [5.74, 6) is -2.06. The van der Waals surface area contributed by atoms with Gasteiger partial charge >= 0.3 is 23.9 Å². The topological polar surface area (TPSA) is 131 Å². The van der Waals surface area contributed by atoms with Gasteiger partial charge in [-0.3, -0.25) is 19.2 Å². The number of carbonyl (C=O) groups excluding carboxylic acids is 4. The molecule has 0 aliphatic rings. The third kappa shape index (κ3) is 9.21. The minimum absolute atomic E-state index is 0.0701. The van der Waals surface area contributed by atoms with Crippen LogP contribution in [0.3, 0.4) is 0 Å². The lowest BCUT2D eigenvalue weighted by molar-refractivity contribution is -0.168. The summed E-state index contributed by atoms with van der Waals surface area (Å²) in [6, 6.07) is 3.59. The maximum absolute atomic E-state index is 12.5. The summed E-state index contributed by atoms with van der Waals surface area (Å²) in [5.41, 5.74) is 6.59. The molecular weight excluding hydrogens is 430 g/mol. The molecule has 2 N–H and O–H groups in total. The van der Waals surface area contributed by atoms with Crippen LogP contribution in [0.1, 0.15) is 66.4 Å². The molecule has 9 heteroatoms. The molecule has 0 aliphatic carbocycles. The molecule has 0 radical (unpaired) electrons. The SMILES string of the molecule is CCC(=O)Oc1ccc(C[C@H](N)C(=O)O[C@@H](C)C(C)OC(=O)C(C)CC)cc1OC(=O)CC. The van der Waals surface area contributed by atoms with Crippen LogP contribution in [0, 0.1) is 5.92 Å². The van der Waals surface area contributed by atoms with E-state index >= 15 is 0 Å². The first kappa shape index (κ1) is 28.1. The Hall–Kier alpha value is -2.94. The third-order valence-corrected chi connectivity index (χ3v) is 5.07. The number of nitrogens with two attached hydrogens (primary N) is 1. The Morgan fingerprint density at radius 3 is 1.85 bits per heavy atom.